The van der Waals surface area contributed by atoms with Gasteiger partial charge in [-0.25, -0.2) is 0 Å². The molecule has 296 valence electrons. The first-order chi connectivity index (χ1) is 30.6. The largest absolute Gasteiger partial charge is 0.358 e. The highest BCUT2D eigenvalue weighted by Crippen LogP contribution is 2.65. The third-order valence-electron chi connectivity index (χ3n) is 13.4. The molecule has 0 aromatic heterocycles. The number of fused-ring (bicyclic) bond motifs is 4. The zero-order chi connectivity index (χ0) is 41.5. The van der Waals surface area contributed by atoms with E-state index in [9.17, 15) is 0 Å². The van der Waals surface area contributed by atoms with Gasteiger partial charge in [-0.15, -0.1) is 0 Å². The maximum absolute atomic E-state index is 4.07. The number of allylic oxidation sites excluding steroid dienone is 4. The highest BCUT2D eigenvalue weighted by molar-refractivity contribution is 5.91. The van der Waals surface area contributed by atoms with Crippen LogP contribution in [0.15, 0.2) is 248 Å². The van der Waals surface area contributed by atoms with E-state index in [1.807, 2.05) is 0 Å². The van der Waals surface area contributed by atoms with Crippen LogP contribution in [0.2, 0.25) is 0 Å². The van der Waals surface area contributed by atoms with Gasteiger partial charge >= 0.3 is 0 Å². The molecule has 0 amide bonds. The van der Waals surface area contributed by atoms with Gasteiger partial charge in [-0.1, -0.05) is 200 Å². The summed E-state index contributed by atoms with van der Waals surface area (Å²) in [6.07, 6.45) is 4.91. The minimum atomic E-state index is -0.422. The molecule has 2 nitrogen and oxygen atoms in total. The van der Waals surface area contributed by atoms with Crippen LogP contribution in [0.3, 0.4) is 0 Å². The highest BCUT2D eigenvalue weighted by atomic mass is 14.9. The second-order valence-corrected chi connectivity index (χ2v) is 16.8. The van der Waals surface area contributed by atoms with Gasteiger partial charge in [0.05, 0.1) is 5.41 Å². The standard InChI is InChI=1S/C60H46N2/c1-59-54-31-16-17-32-55(54)60(48-25-8-3-9-26-48,49-27-10-4-11-28-49)57(59)38-36-52(58(59)62-50-29-12-5-13-30-50)47-24-18-23-44(39-47)46-34-37-56(53(41-46)43-20-6-2-7-21-43)61-51-35-33-42-19-14-15-22-45(42)40-51/h2-41,57,61-62H,1H3. The van der Waals surface area contributed by atoms with Gasteiger partial charge in [0, 0.05) is 45.2 Å². The third-order valence-corrected chi connectivity index (χ3v) is 13.4. The Morgan fingerprint density at radius 1 is 0.403 bits per heavy atom. The van der Waals surface area contributed by atoms with E-state index in [1.54, 1.807) is 0 Å². The fourth-order valence-corrected chi connectivity index (χ4v) is 10.6. The van der Waals surface area contributed by atoms with E-state index in [-0.39, 0.29) is 5.92 Å². The maximum Gasteiger partial charge on any atom is 0.0529 e. The van der Waals surface area contributed by atoms with Gasteiger partial charge in [-0.2, -0.15) is 0 Å². The van der Waals surface area contributed by atoms with Crippen molar-refractivity contribution in [2.24, 2.45) is 5.92 Å². The molecule has 0 saturated carbocycles. The van der Waals surface area contributed by atoms with Crippen molar-refractivity contribution in [2.75, 3.05) is 10.6 Å². The first-order valence-electron chi connectivity index (χ1n) is 21.6. The van der Waals surface area contributed by atoms with Gasteiger partial charge in [0.2, 0.25) is 0 Å². The fraction of sp³-hybridized carbons (Fsp3) is 0.0667. The Hall–Kier alpha value is -7.68. The van der Waals surface area contributed by atoms with E-state index in [2.05, 4.69) is 260 Å². The number of nitrogens with one attached hydrogen (secondary N) is 2. The van der Waals surface area contributed by atoms with Crippen molar-refractivity contribution in [1.82, 2.24) is 0 Å². The molecule has 0 spiro atoms. The molecule has 62 heavy (non-hydrogen) atoms. The number of hydrogen-bond donors (Lipinski definition) is 2. The molecule has 9 aromatic carbocycles. The fourth-order valence-electron chi connectivity index (χ4n) is 10.6. The van der Waals surface area contributed by atoms with Crippen molar-refractivity contribution in [1.29, 1.82) is 0 Å². The molecule has 0 saturated heterocycles. The lowest BCUT2D eigenvalue weighted by Crippen LogP contribution is -2.44. The molecule has 2 aliphatic rings. The van der Waals surface area contributed by atoms with Gasteiger partial charge in [0.15, 0.2) is 0 Å². The molecule has 0 radical (unpaired) electrons. The second-order valence-electron chi connectivity index (χ2n) is 16.8. The van der Waals surface area contributed by atoms with Crippen molar-refractivity contribution < 1.29 is 0 Å². The number of anilines is 3. The van der Waals surface area contributed by atoms with Gasteiger partial charge in [0.25, 0.3) is 0 Å². The summed E-state index contributed by atoms with van der Waals surface area (Å²) >= 11 is 0. The molecule has 2 aliphatic carbocycles. The summed E-state index contributed by atoms with van der Waals surface area (Å²) < 4.78 is 0. The molecular weight excluding hydrogens is 749 g/mol. The predicted octanol–water partition coefficient (Wildman–Crippen LogP) is 15.2. The molecule has 0 fully saturated rings. The van der Waals surface area contributed by atoms with E-state index >= 15 is 0 Å². The van der Waals surface area contributed by atoms with Crippen molar-refractivity contribution in [3.05, 3.63) is 276 Å². The van der Waals surface area contributed by atoms with Crippen LogP contribution >= 0.6 is 0 Å². The summed E-state index contributed by atoms with van der Waals surface area (Å²) in [7, 11) is 0. The van der Waals surface area contributed by atoms with Crippen LogP contribution < -0.4 is 10.6 Å². The molecule has 11 rings (SSSR count). The second kappa shape index (κ2) is 15.4. The first-order valence-corrected chi connectivity index (χ1v) is 21.6. The van der Waals surface area contributed by atoms with Crippen LogP contribution in [-0.2, 0) is 10.8 Å². The average Bonchev–Trinajstić information content (AvgIpc) is 3.58. The summed E-state index contributed by atoms with van der Waals surface area (Å²) in [4.78, 5) is 0. The SMILES string of the molecule is CC12C(Nc3ccccc3)=C(c3cccc(-c4ccc(Nc5ccc6ccccc6c5)c(-c5ccccc5)c4)c3)C=CC1C(c1ccccc1)(c1ccccc1)c1ccccc12. The molecule has 2 unspecified atom stereocenters. The maximum atomic E-state index is 4.07. The summed E-state index contributed by atoms with van der Waals surface area (Å²) in [6.45, 7) is 2.47. The Balaban J connectivity index is 1.07. The Morgan fingerprint density at radius 2 is 0.984 bits per heavy atom. The van der Waals surface area contributed by atoms with Crippen LogP contribution in [0.5, 0.6) is 0 Å². The molecule has 0 aliphatic heterocycles. The third kappa shape index (κ3) is 6.18. The molecule has 2 N–H and O–H groups in total. The van der Waals surface area contributed by atoms with E-state index in [0.717, 1.165) is 28.2 Å². The Kier molecular flexibility index (Phi) is 9.28. The van der Waals surface area contributed by atoms with Crippen molar-refractivity contribution in [3.8, 4) is 22.3 Å². The lowest BCUT2D eigenvalue weighted by Gasteiger charge is -2.45. The molecule has 9 aromatic rings. The molecule has 0 heterocycles. The molecule has 2 heteroatoms. The number of benzene rings is 9. The van der Waals surface area contributed by atoms with E-state index in [4.69, 9.17) is 0 Å². The summed E-state index contributed by atoms with van der Waals surface area (Å²) in [5, 5.41) is 10.3. The van der Waals surface area contributed by atoms with E-state index in [1.165, 1.54) is 61.0 Å². The highest BCUT2D eigenvalue weighted by Gasteiger charge is 2.61. The van der Waals surface area contributed by atoms with Gasteiger partial charge in [-0.3, -0.25) is 0 Å². The zero-order valence-corrected chi connectivity index (χ0v) is 34.7. The van der Waals surface area contributed by atoms with Crippen LogP contribution in [0, 0.1) is 5.92 Å². The van der Waals surface area contributed by atoms with Gasteiger partial charge < -0.3 is 10.6 Å². The number of para-hydroxylation sites is 1. The monoisotopic (exact) mass is 794 g/mol. The smallest absolute Gasteiger partial charge is 0.0529 e. The summed E-state index contributed by atoms with van der Waals surface area (Å²) in [5.41, 5.74) is 15.9. The van der Waals surface area contributed by atoms with Crippen LogP contribution in [0.4, 0.5) is 17.1 Å². The van der Waals surface area contributed by atoms with E-state index < -0.39 is 10.8 Å². The predicted molar refractivity (Wildman–Crippen MR) is 261 cm³/mol. The average molecular weight is 795 g/mol. The van der Waals surface area contributed by atoms with Crippen LogP contribution in [0.1, 0.15) is 34.7 Å². The molecular formula is C60H46N2. The normalized spacial score (nSPS) is 17.3. The van der Waals surface area contributed by atoms with Gasteiger partial charge in [0.1, 0.15) is 0 Å². The minimum absolute atomic E-state index is 0.0754. The van der Waals surface area contributed by atoms with Gasteiger partial charge in [-0.05, 0) is 105 Å². The number of hydrogen-bond acceptors (Lipinski definition) is 2. The summed E-state index contributed by atoms with van der Waals surface area (Å²) in [5.74, 6) is 0.0754. The topological polar surface area (TPSA) is 24.1 Å². The molecule has 2 atom stereocenters. The Labute approximate surface area is 364 Å². The van der Waals surface area contributed by atoms with Crippen LogP contribution in [0.25, 0.3) is 38.6 Å². The lowest BCUT2D eigenvalue weighted by atomic mass is 9.58. The van der Waals surface area contributed by atoms with E-state index in [0.29, 0.717) is 0 Å². The van der Waals surface area contributed by atoms with Crippen molar-refractivity contribution in [2.45, 2.75) is 17.8 Å². The zero-order valence-electron chi connectivity index (χ0n) is 34.7. The van der Waals surface area contributed by atoms with Crippen molar-refractivity contribution in [3.63, 3.8) is 0 Å². The number of rotatable bonds is 9. The summed E-state index contributed by atoms with van der Waals surface area (Å²) in [6, 6.07) is 83.9. The quantitative estimate of drug-likeness (QED) is 0.152. The Morgan fingerprint density at radius 3 is 1.71 bits per heavy atom. The molecule has 0 bridgehead atoms. The minimum Gasteiger partial charge on any atom is -0.358 e. The Bertz CT molecular complexity index is 3090. The van der Waals surface area contributed by atoms with Crippen LogP contribution in [-0.4, -0.2) is 0 Å². The van der Waals surface area contributed by atoms with Crippen molar-refractivity contribution >= 4 is 33.4 Å². The first kappa shape index (κ1) is 37.3. The lowest BCUT2D eigenvalue weighted by molar-refractivity contribution is 0.353.